The predicted octanol–water partition coefficient (Wildman–Crippen LogP) is 4.47. The number of carbonyl (C=O) groups is 2. The molecule has 1 aromatic heterocycles. The third-order valence-corrected chi connectivity index (χ3v) is 5.42. The van der Waals surface area contributed by atoms with Crippen LogP contribution in [0.5, 0.6) is 0 Å². The summed E-state index contributed by atoms with van der Waals surface area (Å²) >= 11 is 6.39. The van der Waals surface area contributed by atoms with Gasteiger partial charge in [-0.3, -0.25) is 9.36 Å². The molecule has 0 aliphatic carbocycles. The number of hydrogen-bond donors (Lipinski definition) is 1. The maximum atomic E-state index is 13.7. The van der Waals surface area contributed by atoms with Crippen molar-refractivity contribution in [3.63, 3.8) is 0 Å². The van der Waals surface area contributed by atoms with E-state index in [4.69, 9.17) is 21.1 Å². The summed E-state index contributed by atoms with van der Waals surface area (Å²) in [5.41, 5.74) is 1.78. The number of halogens is 1. The molecule has 8 nitrogen and oxygen atoms in total. The largest absolute Gasteiger partial charge is 0.462 e. The highest BCUT2D eigenvalue weighted by molar-refractivity contribution is 6.32. The van der Waals surface area contributed by atoms with Crippen molar-refractivity contribution in [2.45, 2.75) is 40.7 Å². The standard InChI is InChI=1S/C24H26ClN3O5/c1-5-11-26-24(31)33-13-19-27-17-12-14(3)20(23(30)32-6-2)15(4)21(17)22(29)28(19)18-10-8-7-9-16(18)25/h7-10,12H,5-6,11,13H2,1-4H3,(H,26,31). The van der Waals surface area contributed by atoms with E-state index in [0.29, 0.717) is 39.5 Å². The molecule has 0 bridgehead atoms. The summed E-state index contributed by atoms with van der Waals surface area (Å²) in [6, 6.07) is 8.47. The van der Waals surface area contributed by atoms with Crippen LogP contribution in [0.2, 0.25) is 5.02 Å². The number of carbonyl (C=O) groups excluding carboxylic acids is 2. The van der Waals surface area contributed by atoms with E-state index >= 15 is 0 Å². The van der Waals surface area contributed by atoms with Crippen LogP contribution in [0.1, 0.15) is 47.6 Å². The average Bonchev–Trinajstić information content (AvgIpc) is 2.77. The molecule has 0 aliphatic heterocycles. The predicted molar refractivity (Wildman–Crippen MR) is 126 cm³/mol. The van der Waals surface area contributed by atoms with Crippen molar-refractivity contribution in [3.05, 3.63) is 68.2 Å². The number of alkyl carbamates (subject to hydrolysis) is 1. The van der Waals surface area contributed by atoms with Gasteiger partial charge in [0.05, 0.1) is 33.8 Å². The minimum atomic E-state index is -0.609. The molecule has 1 heterocycles. The van der Waals surface area contributed by atoms with E-state index in [1.54, 1.807) is 51.1 Å². The summed E-state index contributed by atoms with van der Waals surface area (Å²) < 4.78 is 11.8. The van der Waals surface area contributed by atoms with Gasteiger partial charge in [-0.15, -0.1) is 0 Å². The van der Waals surface area contributed by atoms with Crippen molar-refractivity contribution in [1.82, 2.24) is 14.9 Å². The minimum Gasteiger partial charge on any atom is -0.462 e. The van der Waals surface area contributed by atoms with Crippen LogP contribution in [0.4, 0.5) is 4.79 Å². The molecule has 9 heteroatoms. The Hall–Kier alpha value is -3.39. The number of hydrogen-bond acceptors (Lipinski definition) is 6. The Labute approximate surface area is 196 Å². The highest BCUT2D eigenvalue weighted by Crippen LogP contribution is 2.26. The first kappa shape index (κ1) is 24.3. The highest BCUT2D eigenvalue weighted by atomic mass is 35.5. The number of nitrogens with one attached hydrogen (secondary N) is 1. The van der Waals surface area contributed by atoms with Crippen molar-refractivity contribution >= 4 is 34.6 Å². The SMILES string of the molecule is CCCNC(=O)OCc1nc2cc(C)c(C(=O)OCC)c(C)c2c(=O)n1-c1ccccc1Cl. The Morgan fingerprint density at radius 3 is 2.55 bits per heavy atom. The number of aryl methyl sites for hydroxylation is 2. The Morgan fingerprint density at radius 2 is 1.88 bits per heavy atom. The molecular formula is C24H26ClN3O5. The Morgan fingerprint density at radius 1 is 1.15 bits per heavy atom. The van der Waals surface area contributed by atoms with Crippen LogP contribution in [-0.4, -0.2) is 34.8 Å². The molecule has 1 N–H and O–H groups in total. The van der Waals surface area contributed by atoms with Crippen LogP contribution >= 0.6 is 11.6 Å². The van der Waals surface area contributed by atoms with Gasteiger partial charge >= 0.3 is 12.1 Å². The zero-order valence-electron chi connectivity index (χ0n) is 19.0. The van der Waals surface area contributed by atoms with Crippen molar-refractivity contribution in [1.29, 1.82) is 0 Å². The van der Waals surface area contributed by atoms with Crippen LogP contribution in [0.15, 0.2) is 35.1 Å². The van der Waals surface area contributed by atoms with Gasteiger partial charge < -0.3 is 14.8 Å². The number of amides is 1. The molecule has 0 aliphatic rings. The fraction of sp³-hybridized carbons (Fsp3) is 0.333. The van der Waals surface area contributed by atoms with Gasteiger partial charge in [-0.1, -0.05) is 30.7 Å². The zero-order chi connectivity index (χ0) is 24.1. The van der Waals surface area contributed by atoms with E-state index in [2.05, 4.69) is 10.3 Å². The topological polar surface area (TPSA) is 99.5 Å². The lowest BCUT2D eigenvalue weighted by atomic mass is 9.98. The van der Waals surface area contributed by atoms with Gasteiger partial charge in [0.15, 0.2) is 12.4 Å². The molecule has 0 atom stereocenters. The molecule has 0 unspecified atom stereocenters. The highest BCUT2D eigenvalue weighted by Gasteiger charge is 2.22. The van der Waals surface area contributed by atoms with Crippen molar-refractivity contribution in [2.24, 2.45) is 0 Å². The fourth-order valence-electron chi connectivity index (χ4n) is 3.64. The van der Waals surface area contributed by atoms with Gasteiger partial charge in [-0.05, 0) is 56.5 Å². The van der Waals surface area contributed by atoms with E-state index in [9.17, 15) is 14.4 Å². The van der Waals surface area contributed by atoms with Gasteiger partial charge in [0, 0.05) is 6.54 Å². The quantitative estimate of drug-likeness (QED) is 0.510. The number of esters is 1. The van der Waals surface area contributed by atoms with Gasteiger partial charge in [-0.2, -0.15) is 0 Å². The Kier molecular flexibility index (Phi) is 7.71. The second-order valence-corrected chi connectivity index (χ2v) is 7.84. The summed E-state index contributed by atoms with van der Waals surface area (Å²) in [5.74, 6) is -0.298. The summed E-state index contributed by atoms with van der Waals surface area (Å²) in [4.78, 5) is 42.9. The summed E-state index contributed by atoms with van der Waals surface area (Å²) in [6.45, 7) is 7.53. The molecular weight excluding hydrogens is 446 g/mol. The summed E-state index contributed by atoms with van der Waals surface area (Å²) in [5, 5.41) is 3.21. The number of nitrogens with zero attached hydrogens (tertiary/aromatic N) is 2. The number of ether oxygens (including phenoxy) is 2. The lowest BCUT2D eigenvalue weighted by Crippen LogP contribution is -2.29. The van der Waals surface area contributed by atoms with Gasteiger partial charge in [-0.25, -0.2) is 14.6 Å². The molecule has 0 saturated heterocycles. The third kappa shape index (κ3) is 5.01. The number of fused-ring (bicyclic) bond motifs is 1. The number of aromatic nitrogens is 2. The minimum absolute atomic E-state index is 0.204. The summed E-state index contributed by atoms with van der Waals surface area (Å²) in [6.07, 6.45) is 0.150. The average molecular weight is 472 g/mol. The maximum Gasteiger partial charge on any atom is 0.407 e. The van der Waals surface area contributed by atoms with E-state index in [-0.39, 0.29) is 24.4 Å². The van der Waals surface area contributed by atoms with Crippen LogP contribution in [0.3, 0.4) is 0 Å². The van der Waals surface area contributed by atoms with Gasteiger partial charge in [0.1, 0.15) is 0 Å². The summed E-state index contributed by atoms with van der Waals surface area (Å²) in [7, 11) is 0. The lowest BCUT2D eigenvalue weighted by Gasteiger charge is -2.17. The molecule has 0 fully saturated rings. The second-order valence-electron chi connectivity index (χ2n) is 7.43. The molecule has 174 valence electrons. The van der Waals surface area contributed by atoms with Crippen LogP contribution < -0.4 is 10.9 Å². The lowest BCUT2D eigenvalue weighted by molar-refractivity contribution is 0.0525. The maximum absolute atomic E-state index is 13.7. The van der Waals surface area contributed by atoms with Crippen molar-refractivity contribution < 1.29 is 19.1 Å². The smallest absolute Gasteiger partial charge is 0.407 e. The fourth-order valence-corrected chi connectivity index (χ4v) is 3.86. The van der Waals surface area contributed by atoms with Gasteiger partial charge in [0.25, 0.3) is 5.56 Å². The monoisotopic (exact) mass is 471 g/mol. The van der Waals surface area contributed by atoms with E-state index in [1.807, 2.05) is 6.92 Å². The molecule has 3 rings (SSSR count). The zero-order valence-corrected chi connectivity index (χ0v) is 19.8. The van der Waals surface area contributed by atoms with Crippen LogP contribution in [-0.2, 0) is 16.1 Å². The number of para-hydroxylation sites is 1. The number of rotatable bonds is 7. The molecule has 0 spiro atoms. The Balaban J connectivity index is 2.25. The Bertz CT molecular complexity index is 1270. The number of benzene rings is 2. The van der Waals surface area contributed by atoms with E-state index in [1.165, 1.54) is 4.57 Å². The first-order chi connectivity index (χ1) is 15.8. The third-order valence-electron chi connectivity index (χ3n) is 5.10. The molecule has 1 amide bonds. The van der Waals surface area contributed by atoms with Crippen LogP contribution in [0, 0.1) is 13.8 Å². The van der Waals surface area contributed by atoms with Gasteiger partial charge in [0.2, 0.25) is 0 Å². The first-order valence-corrected chi connectivity index (χ1v) is 11.1. The van der Waals surface area contributed by atoms with E-state index < -0.39 is 17.6 Å². The van der Waals surface area contributed by atoms with Crippen LogP contribution in [0.25, 0.3) is 16.6 Å². The molecule has 2 aromatic carbocycles. The molecule has 33 heavy (non-hydrogen) atoms. The second kappa shape index (κ2) is 10.5. The first-order valence-electron chi connectivity index (χ1n) is 10.7. The van der Waals surface area contributed by atoms with Crippen molar-refractivity contribution in [3.8, 4) is 5.69 Å². The molecule has 0 radical (unpaired) electrons. The normalized spacial score (nSPS) is 10.8. The van der Waals surface area contributed by atoms with E-state index in [0.717, 1.165) is 6.42 Å². The molecule has 0 saturated carbocycles. The van der Waals surface area contributed by atoms with Crippen molar-refractivity contribution in [2.75, 3.05) is 13.2 Å². The molecule has 3 aromatic rings.